The molecule has 0 saturated carbocycles. The van der Waals surface area contributed by atoms with E-state index < -0.39 is 0 Å². The molecule has 74 heavy (non-hydrogen) atoms. The molecule has 13 rings (SSSR count). The maximum absolute atomic E-state index is 2.47. The van der Waals surface area contributed by atoms with Gasteiger partial charge >= 0.3 is 0 Å². The van der Waals surface area contributed by atoms with Crippen molar-refractivity contribution in [1.29, 1.82) is 0 Å². The summed E-state index contributed by atoms with van der Waals surface area (Å²) in [4.78, 5) is 4.79. The minimum Gasteiger partial charge on any atom is -0.310 e. The lowest BCUT2D eigenvalue weighted by Crippen LogP contribution is -2.23. The Hall–Kier alpha value is -8.46. The molecule has 0 unspecified atom stereocenters. The lowest BCUT2D eigenvalue weighted by Gasteiger charge is -2.30. The van der Waals surface area contributed by atoms with E-state index >= 15 is 0 Å². The second-order valence-electron chi connectivity index (χ2n) is 20.5. The quantitative estimate of drug-likeness (QED) is 0.113. The molecule has 0 spiro atoms. The van der Waals surface area contributed by atoms with Gasteiger partial charge in [-0.15, -0.1) is 0 Å². The topological polar surface area (TPSA) is 6.48 Å². The third-order valence-corrected chi connectivity index (χ3v) is 17.2. The van der Waals surface area contributed by atoms with Crippen LogP contribution in [0.3, 0.4) is 0 Å². The van der Waals surface area contributed by atoms with Crippen LogP contribution in [-0.2, 0) is 10.8 Å². The van der Waals surface area contributed by atoms with Gasteiger partial charge < -0.3 is 9.80 Å². The van der Waals surface area contributed by atoms with Crippen LogP contribution in [0.2, 0.25) is 0 Å². The second-order valence-corrected chi connectivity index (χ2v) is 20.5. The monoisotopic (exact) mass is 952 g/mol. The van der Waals surface area contributed by atoms with Crippen LogP contribution < -0.4 is 9.80 Å². The van der Waals surface area contributed by atoms with Crippen molar-refractivity contribution >= 4 is 55.7 Å². The highest BCUT2D eigenvalue weighted by molar-refractivity contribution is 6.10. The van der Waals surface area contributed by atoms with Crippen LogP contribution in [0.15, 0.2) is 243 Å². The number of anilines is 6. The zero-order valence-electron chi connectivity index (χ0n) is 42.8. The smallest absolute Gasteiger partial charge is 0.0468 e. The molecule has 2 heteroatoms. The number of para-hydroxylation sites is 2. The van der Waals surface area contributed by atoms with Gasteiger partial charge in [-0.2, -0.15) is 0 Å². The van der Waals surface area contributed by atoms with E-state index in [1.54, 1.807) is 0 Å². The van der Waals surface area contributed by atoms with Crippen molar-refractivity contribution in [1.82, 2.24) is 0 Å². The first-order valence-corrected chi connectivity index (χ1v) is 26.8. The van der Waals surface area contributed by atoms with Crippen molar-refractivity contribution in [2.24, 2.45) is 0 Å². The van der Waals surface area contributed by atoms with Gasteiger partial charge in [0, 0.05) is 45.0 Å². The standard InChI is InChI=1S/C72H60N2/c1-5-71(6-2)67-25-17-15-23-61(67)63-43-35-53(45-69(63)71)49-29-37-57(38-30-49)73(55-19-11-9-12-20-55)59-41-33-51-27-28-52-34-42-60(48-66(52)65(51)47-59)74(56-21-13-10-14-22-56)58-39-31-50(32-40-58)54-36-44-64-62-24-16-18-26-68(62)72(7-3,8-4)70(64)46-54/h9-48H,5-8H2,1-4H3. The largest absolute Gasteiger partial charge is 0.310 e. The summed E-state index contributed by atoms with van der Waals surface area (Å²) in [7, 11) is 0. The van der Waals surface area contributed by atoms with Crippen LogP contribution in [0.1, 0.15) is 75.6 Å². The molecular formula is C72H60N2. The Kier molecular flexibility index (Phi) is 11.2. The Balaban J connectivity index is 0.865. The molecule has 2 aliphatic carbocycles. The van der Waals surface area contributed by atoms with Crippen LogP contribution in [-0.4, -0.2) is 0 Å². The summed E-state index contributed by atoms with van der Waals surface area (Å²) < 4.78 is 0. The van der Waals surface area contributed by atoms with Gasteiger partial charge in [0.05, 0.1) is 0 Å². The predicted molar refractivity (Wildman–Crippen MR) is 315 cm³/mol. The molecule has 0 amide bonds. The van der Waals surface area contributed by atoms with Crippen LogP contribution >= 0.6 is 0 Å². The average Bonchev–Trinajstić information content (AvgIpc) is 3.92. The first-order valence-electron chi connectivity index (χ1n) is 26.8. The Morgan fingerprint density at radius 3 is 0.959 bits per heavy atom. The van der Waals surface area contributed by atoms with E-state index in [-0.39, 0.29) is 10.8 Å². The lowest BCUT2D eigenvalue weighted by atomic mass is 9.73. The highest BCUT2D eigenvalue weighted by Gasteiger charge is 2.41. The van der Waals surface area contributed by atoms with Gasteiger partial charge in [0.15, 0.2) is 0 Å². The number of hydrogen-bond donors (Lipinski definition) is 0. The van der Waals surface area contributed by atoms with Gasteiger partial charge in [0.25, 0.3) is 0 Å². The molecule has 0 heterocycles. The molecule has 358 valence electrons. The Labute approximate surface area is 436 Å². The summed E-state index contributed by atoms with van der Waals surface area (Å²) in [5.41, 5.74) is 23.1. The minimum absolute atomic E-state index is 0.0352. The molecule has 0 aliphatic heterocycles. The number of fused-ring (bicyclic) bond motifs is 9. The van der Waals surface area contributed by atoms with Crippen molar-refractivity contribution in [2.75, 3.05) is 9.80 Å². The van der Waals surface area contributed by atoms with Crippen molar-refractivity contribution in [3.05, 3.63) is 265 Å². The minimum atomic E-state index is 0.0352. The van der Waals surface area contributed by atoms with Gasteiger partial charge in [-0.3, -0.25) is 0 Å². The average molecular weight is 953 g/mol. The van der Waals surface area contributed by atoms with E-state index in [0.717, 1.165) is 59.8 Å². The Morgan fingerprint density at radius 2 is 0.568 bits per heavy atom. The highest BCUT2D eigenvalue weighted by atomic mass is 15.1. The number of nitrogens with zero attached hydrogens (tertiary/aromatic N) is 2. The van der Waals surface area contributed by atoms with E-state index in [2.05, 4.69) is 280 Å². The SMILES string of the molecule is CCC1(CC)c2ccccc2-c2ccc(-c3ccc(N(c4ccccc4)c4ccc5ccc6ccc(N(c7ccccc7)c7ccc(-c8ccc9c(c8)C(CC)(CC)c8ccccc8-9)cc7)cc6c5c4)cc3)cc21. The normalized spacial score (nSPS) is 13.6. The van der Waals surface area contributed by atoms with Crippen molar-refractivity contribution in [2.45, 2.75) is 64.2 Å². The van der Waals surface area contributed by atoms with Crippen molar-refractivity contribution in [3.63, 3.8) is 0 Å². The molecule has 0 radical (unpaired) electrons. The molecule has 0 bridgehead atoms. The van der Waals surface area contributed by atoms with E-state index in [1.807, 2.05) is 0 Å². The third-order valence-electron chi connectivity index (χ3n) is 17.2. The Bertz CT molecular complexity index is 3620. The maximum Gasteiger partial charge on any atom is 0.0468 e. The van der Waals surface area contributed by atoms with E-state index in [0.29, 0.717) is 0 Å². The summed E-state index contributed by atoms with van der Waals surface area (Å²) in [6, 6.07) is 90.7. The fourth-order valence-corrected chi connectivity index (χ4v) is 13.3. The number of rotatable bonds is 12. The molecule has 0 atom stereocenters. The molecule has 0 aromatic heterocycles. The molecular weight excluding hydrogens is 893 g/mol. The summed E-state index contributed by atoms with van der Waals surface area (Å²) in [6.45, 7) is 9.39. The second kappa shape index (κ2) is 18.2. The summed E-state index contributed by atoms with van der Waals surface area (Å²) in [6.07, 6.45) is 4.32. The summed E-state index contributed by atoms with van der Waals surface area (Å²) in [5.74, 6) is 0. The first kappa shape index (κ1) is 45.4. The number of hydrogen-bond acceptors (Lipinski definition) is 2. The van der Waals surface area contributed by atoms with E-state index in [9.17, 15) is 0 Å². The molecule has 0 N–H and O–H groups in total. The third kappa shape index (κ3) is 7.14. The van der Waals surface area contributed by atoms with E-state index in [1.165, 1.54) is 88.3 Å². The maximum atomic E-state index is 2.47. The van der Waals surface area contributed by atoms with Crippen molar-refractivity contribution < 1.29 is 0 Å². The van der Waals surface area contributed by atoms with Gasteiger partial charge in [-0.25, -0.2) is 0 Å². The molecule has 0 fully saturated rings. The van der Waals surface area contributed by atoms with Crippen LogP contribution in [0.4, 0.5) is 34.1 Å². The predicted octanol–water partition coefficient (Wildman–Crippen LogP) is 20.4. The first-order chi connectivity index (χ1) is 36.4. The van der Waals surface area contributed by atoms with Gasteiger partial charge in [-0.05, 0) is 199 Å². The zero-order chi connectivity index (χ0) is 50.0. The molecule has 11 aromatic carbocycles. The van der Waals surface area contributed by atoms with Gasteiger partial charge in [-0.1, -0.05) is 185 Å². The Morgan fingerprint density at radius 1 is 0.257 bits per heavy atom. The van der Waals surface area contributed by atoms with Gasteiger partial charge in [0.1, 0.15) is 0 Å². The summed E-state index contributed by atoms with van der Waals surface area (Å²) in [5, 5.41) is 4.84. The molecule has 2 aliphatic rings. The molecule has 11 aromatic rings. The fourth-order valence-electron chi connectivity index (χ4n) is 13.3. The zero-order valence-corrected chi connectivity index (χ0v) is 42.8. The summed E-state index contributed by atoms with van der Waals surface area (Å²) >= 11 is 0. The fraction of sp³-hybridized carbons (Fsp3) is 0.139. The van der Waals surface area contributed by atoms with E-state index in [4.69, 9.17) is 0 Å². The van der Waals surface area contributed by atoms with Gasteiger partial charge in [0.2, 0.25) is 0 Å². The lowest BCUT2D eigenvalue weighted by molar-refractivity contribution is 0.490. The van der Waals surface area contributed by atoms with Crippen LogP contribution in [0.5, 0.6) is 0 Å². The highest BCUT2D eigenvalue weighted by Crippen LogP contribution is 2.55. The van der Waals surface area contributed by atoms with Crippen LogP contribution in [0, 0.1) is 0 Å². The molecule has 0 saturated heterocycles. The molecule has 2 nitrogen and oxygen atoms in total. The van der Waals surface area contributed by atoms with Crippen molar-refractivity contribution in [3.8, 4) is 44.5 Å². The van der Waals surface area contributed by atoms with Crippen LogP contribution in [0.25, 0.3) is 66.1 Å². The number of benzene rings is 11.